The molecule has 0 spiro atoms. The van der Waals surface area contributed by atoms with Crippen molar-refractivity contribution in [1.29, 1.82) is 0 Å². The van der Waals surface area contributed by atoms with Crippen LogP contribution < -0.4 is 0 Å². The molecule has 0 aromatic heterocycles. The molecule has 14 nitrogen and oxygen atoms in total. The molecule has 0 amide bonds. The van der Waals surface area contributed by atoms with E-state index >= 15 is 0 Å². The third-order valence-corrected chi connectivity index (χ3v) is 8.20. The van der Waals surface area contributed by atoms with E-state index in [2.05, 4.69) is 0 Å². The largest absolute Gasteiger partial charge is 0.628 e. The third kappa shape index (κ3) is 12.4. The van der Waals surface area contributed by atoms with Crippen molar-refractivity contribution in [3.05, 3.63) is 41.4 Å². The van der Waals surface area contributed by atoms with Gasteiger partial charge in [0, 0.05) is 0 Å². The number of esters is 4. The van der Waals surface area contributed by atoms with E-state index in [0.29, 0.717) is 11.1 Å². The topological polar surface area (TPSA) is 170 Å². The van der Waals surface area contributed by atoms with Crippen LogP contribution in [0.2, 0.25) is 0 Å². The standard InChI is InChI=1S/C39H56BNO13/c1-36(2,3)32(44)48-22-25-29(50-33(45)37(4,5)6)31(52-35(47)39(10,11)12)30(51-34(46)38(7,8)9)28(49-25)24-16-14-23(15-17-24)18-19-40-53-26(42)20-41(13)21-27(43)54-40/h14-19,25,28-31H,20-22H2,1-13H3/b19-18+/t25-,28-,29?,30-,31+/m1/s1. The molecule has 2 heterocycles. The van der Waals surface area contributed by atoms with E-state index in [9.17, 15) is 28.8 Å². The molecule has 5 atom stereocenters. The van der Waals surface area contributed by atoms with E-state index in [0.717, 1.165) is 0 Å². The molecule has 0 saturated carbocycles. The maximum absolute atomic E-state index is 13.6. The zero-order valence-corrected chi connectivity index (χ0v) is 33.8. The van der Waals surface area contributed by atoms with Crippen LogP contribution in [0.25, 0.3) is 6.08 Å². The van der Waals surface area contributed by atoms with Gasteiger partial charge in [-0.25, -0.2) is 0 Å². The first-order valence-corrected chi connectivity index (χ1v) is 18.0. The smallest absolute Gasteiger partial charge is 0.495 e. The van der Waals surface area contributed by atoms with Crippen LogP contribution in [0.1, 0.15) is 100 Å². The summed E-state index contributed by atoms with van der Waals surface area (Å²) in [6.45, 7) is 19.5. The van der Waals surface area contributed by atoms with Gasteiger partial charge < -0.3 is 33.0 Å². The van der Waals surface area contributed by atoms with Crippen molar-refractivity contribution in [2.45, 2.75) is 114 Å². The van der Waals surface area contributed by atoms with Crippen molar-refractivity contribution >= 4 is 49.0 Å². The van der Waals surface area contributed by atoms with Gasteiger partial charge in [-0.2, -0.15) is 0 Å². The lowest BCUT2D eigenvalue weighted by molar-refractivity contribution is -0.262. The van der Waals surface area contributed by atoms with Gasteiger partial charge >= 0.3 is 42.9 Å². The average molecular weight is 758 g/mol. The van der Waals surface area contributed by atoms with Crippen LogP contribution in [0.5, 0.6) is 0 Å². The van der Waals surface area contributed by atoms with Crippen LogP contribution in [0.3, 0.4) is 0 Å². The highest BCUT2D eigenvalue weighted by molar-refractivity contribution is 6.55. The summed E-state index contributed by atoms with van der Waals surface area (Å²) in [6, 6.07) is 6.79. The molecule has 2 aliphatic rings. The minimum Gasteiger partial charge on any atom is -0.495 e. The van der Waals surface area contributed by atoms with Crippen LogP contribution in [-0.2, 0) is 61.8 Å². The first kappa shape index (κ1) is 44.2. The Kier molecular flexibility index (Phi) is 13.9. The molecule has 0 aliphatic carbocycles. The van der Waals surface area contributed by atoms with Crippen molar-refractivity contribution in [2.24, 2.45) is 21.7 Å². The Labute approximate surface area is 318 Å². The predicted molar refractivity (Wildman–Crippen MR) is 197 cm³/mol. The Bertz CT molecular complexity index is 1560. The highest BCUT2D eigenvalue weighted by atomic mass is 16.7. The number of nitrogens with zero attached hydrogens (tertiary/aromatic N) is 1. The van der Waals surface area contributed by atoms with Crippen molar-refractivity contribution in [3.8, 4) is 0 Å². The molecular weight excluding hydrogens is 701 g/mol. The second-order valence-electron chi connectivity index (χ2n) is 17.8. The number of rotatable bonds is 8. The molecule has 2 fully saturated rings. The Balaban J connectivity index is 2.12. The van der Waals surface area contributed by atoms with Crippen LogP contribution in [0, 0.1) is 21.7 Å². The summed E-state index contributed by atoms with van der Waals surface area (Å²) in [5.74, 6) is -2.18. The van der Waals surface area contributed by atoms with Gasteiger partial charge in [-0.1, -0.05) is 30.3 Å². The molecule has 2 aliphatic heterocycles. The Morgan fingerprint density at radius 1 is 0.685 bits per heavy atom. The number of carbonyl (C=O) groups is 6. The van der Waals surface area contributed by atoms with Crippen LogP contribution in [0.4, 0.5) is 0 Å². The van der Waals surface area contributed by atoms with E-state index in [1.54, 1.807) is 120 Å². The fourth-order valence-electron chi connectivity index (χ4n) is 4.92. The molecule has 54 heavy (non-hydrogen) atoms. The second-order valence-corrected chi connectivity index (χ2v) is 17.8. The van der Waals surface area contributed by atoms with E-state index in [1.807, 2.05) is 0 Å². The van der Waals surface area contributed by atoms with Gasteiger partial charge in [0.05, 0.1) is 34.7 Å². The Morgan fingerprint density at radius 3 is 1.56 bits per heavy atom. The maximum atomic E-state index is 13.6. The molecular formula is C39H56BNO13. The number of hydrogen-bond donors (Lipinski definition) is 0. The Hall–Kier alpha value is -4.24. The van der Waals surface area contributed by atoms with E-state index in [-0.39, 0.29) is 19.7 Å². The van der Waals surface area contributed by atoms with Gasteiger partial charge in [0.25, 0.3) is 0 Å². The quantitative estimate of drug-likeness (QED) is 0.204. The highest BCUT2D eigenvalue weighted by Crippen LogP contribution is 2.40. The zero-order chi connectivity index (χ0) is 41.0. The second kappa shape index (κ2) is 17.1. The number of ether oxygens (including phenoxy) is 5. The number of likely N-dealkylation sites (N-methyl/N-ethyl adjacent to an activating group) is 1. The summed E-state index contributed by atoms with van der Waals surface area (Å²) in [5.41, 5.74) is -2.77. The summed E-state index contributed by atoms with van der Waals surface area (Å²) in [5, 5.41) is 0. The molecule has 3 rings (SSSR count). The molecule has 0 radical (unpaired) electrons. The molecule has 1 aromatic carbocycles. The van der Waals surface area contributed by atoms with Crippen molar-refractivity contribution in [1.82, 2.24) is 4.90 Å². The van der Waals surface area contributed by atoms with Crippen molar-refractivity contribution in [3.63, 3.8) is 0 Å². The van der Waals surface area contributed by atoms with Gasteiger partial charge in [0.15, 0.2) is 18.3 Å². The van der Waals surface area contributed by atoms with Crippen molar-refractivity contribution in [2.75, 3.05) is 26.7 Å². The van der Waals surface area contributed by atoms with Gasteiger partial charge in [-0.3, -0.25) is 33.7 Å². The lowest BCUT2D eigenvalue weighted by atomic mass is 9.87. The normalized spacial score (nSPS) is 23.4. The summed E-state index contributed by atoms with van der Waals surface area (Å²) in [7, 11) is 0.366. The SMILES string of the molecule is CN1CC(=O)OB(/C=C/c2ccc([C@H]3O[C@H](COC(=O)C(C)(C)C)C(OC(=O)C(C)(C)C)[C@H](OC(=O)C(C)(C)C)[C@@H]3OC(=O)C(C)(C)C)cc2)OC(=O)C1. The van der Waals surface area contributed by atoms with Gasteiger partial charge in [0.2, 0.25) is 0 Å². The van der Waals surface area contributed by atoms with Gasteiger partial charge in [-0.05, 0) is 107 Å². The molecule has 1 aromatic rings. The van der Waals surface area contributed by atoms with Crippen LogP contribution >= 0.6 is 0 Å². The van der Waals surface area contributed by atoms with Crippen molar-refractivity contribution < 1.29 is 61.8 Å². The van der Waals surface area contributed by atoms with E-state index in [4.69, 9.17) is 33.0 Å². The summed E-state index contributed by atoms with van der Waals surface area (Å²) >= 11 is 0. The summed E-state index contributed by atoms with van der Waals surface area (Å²) in [6.07, 6.45) is -4.76. The molecule has 1 unspecified atom stereocenters. The fraction of sp³-hybridized carbons (Fsp3) is 0.641. The Morgan fingerprint density at radius 2 is 1.11 bits per heavy atom. The minimum absolute atomic E-state index is 0.0742. The molecule has 0 N–H and O–H groups in total. The third-order valence-electron chi connectivity index (χ3n) is 8.20. The number of benzene rings is 1. The molecule has 2 saturated heterocycles. The lowest BCUT2D eigenvalue weighted by Crippen LogP contribution is -2.61. The highest BCUT2D eigenvalue weighted by Gasteiger charge is 2.55. The minimum atomic E-state index is -1.39. The summed E-state index contributed by atoms with van der Waals surface area (Å²) in [4.78, 5) is 79.4. The monoisotopic (exact) mass is 757 g/mol. The van der Waals surface area contributed by atoms with Gasteiger partial charge in [0.1, 0.15) is 18.8 Å². The lowest BCUT2D eigenvalue weighted by Gasteiger charge is -2.46. The van der Waals surface area contributed by atoms with Gasteiger partial charge in [-0.15, -0.1) is 0 Å². The van der Waals surface area contributed by atoms with Crippen LogP contribution in [0.15, 0.2) is 30.2 Å². The first-order valence-electron chi connectivity index (χ1n) is 18.0. The van der Waals surface area contributed by atoms with E-state index < -0.39 is 95.1 Å². The molecule has 15 heteroatoms. The maximum Gasteiger partial charge on any atom is 0.628 e. The first-order chi connectivity index (χ1) is 24.7. The predicted octanol–water partition coefficient (Wildman–Crippen LogP) is 4.66. The van der Waals surface area contributed by atoms with E-state index in [1.165, 1.54) is 10.9 Å². The number of carbonyl (C=O) groups excluding carboxylic acids is 6. The molecule has 298 valence electrons. The zero-order valence-electron chi connectivity index (χ0n) is 33.8. The fourth-order valence-corrected chi connectivity index (χ4v) is 4.92. The average Bonchev–Trinajstić information content (AvgIpc) is 3.01. The van der Waals surface area contributed by atoms with Crippen LogP contribution in [-0.4, -0.2) is 99.0 Å². The number of hydrogen-bond acceptors (Lipinski definition) is 14. The summed E-state index contributed by atoms with van der Waals surface area (Å²) < 4.78 is 41.1. The molecule has 0 bridgehead atoms.